The largest absolute Gasteiger partial charge is 0.389 e. The van der Waals surface area contributed by atoms with Gasteiger partial charge in [0.25, 0.3) is 0 Å². The fourth-order valence-electron chi connectivity index (χ4n) is 1.65. The Balaban J connectivity index is 2.63. The van der Waals surface area contributed by atoms with Crippen molar-refractivity contribution in [2.24, 2.45) is 5.41 Å². The van der Waals surface area contributed by atoms with Gasteiger partial charge in [-0.05, 0) is 6.42 Å². The van der Waals surface area contributed by atoms with Crippen LogP contribution in [0.25, 0.3) is 0 Å². The van der Waals surface area contributed by atoms with E-state index in [1.807, 2.05) is 6.08 Å². The van der Waals surface area contributed by atoms with E-state index in [1.165, 1.54) is 0 Å². The molecule has 1 aliphatic heterocycles. The molecule has 14 heavy (non-hydrogen) atoms. The van der Waals surface area contributed by atoms with E-state index in [0.29, 0.717) is 6.54 Å². The summed E-state index contributed by atoms with van der Waals surface area (Å²) >= 11 is 5.39. The minimum atomic E-state index is -0.242. The standard InChI is InChI=1S/C11H19NOS/c1-5-6-8-9(13)7-12(8)10(14)11(2,3)4/h5,8-9,13H,1,6-7H2,2-4H3/t8-,9+/m1/s1. The molecule has 80 valence electrons. The normalized spacial score (nSPS) is 27.0. The van der Waals surface area contributed by atoms with Gasteiger partial charge in [0.05, 0.1) is 17.1 Å². The predicted octanol–water partition coefficient (Wildman–Crippen LogP) is 1.98. The fourth-order valence-corrected chi connectivity index (χ4v) is 1.86. The van der Waals surface area contributed by atoms with Crippen molar-refractivity contribution < 1.29 is 5.11 Å². The summed E-state index contributed by atoms with van der Waals surface area (Å²) in [5.41, 5.74) is 0.00882. The molecule has 1 N–H and O–H groups in total. The quantitative estimate of drug-likeness (QED) is 0.560. The Morgan fingerprint density at radius 2 is 2.21 bits per heavy atom. The maximum absolute atomic E-state index is 9.57. The Bertz CT molecular complexity index is 244. The highest BCUT2D eigenvalue weighted by Gasteiger charge is 2.40. The Hall–Kier alpha value is -0.410. The number of likely N-dealkylation sites (tertiary alicyclic amines) is 1. The lowest BCUT2D eigenvalue weighted by atomic mass is 9.89. The highest BCUT2D eigenvalue weighted by Crippen LogP contribution is 2.29. The number of rotatable bonds is 2. The molecule has 0 spiro atoms. The van der Waals surface area contributed by atoms with Crippen LogP contribution in [-0.2, 0) is 0 Å². The molecule has 0 aromatic rings. The molecule has 2 atom stereocenters. The molecule has 0 aromatic heterocycles. The van der Waals surface area contributed by atoms with Gasteiger partial charge in [0.15, 0.2) is 0 Å². The van der Waals surface area contributed by atoms with Crippen LogP contribution in [-0.4, -0.2) is 33.7 Å². The zero-order chi connectivity index (χ0) is 10.9. The average molecular weight is 213 g/mol. The first-order valence-electron chi connectivity index (χ1n) is 4.98. The molecule has 2 nitrogen and oxygen atoms in total. The Labute approximate surface area is 91.6 Å². The topological polar surface area (TPSA) is 23.5 Å². The molecule has 1 saturated heterocycles. The second-order valence-corrected chi connectivity index (χ2v) is 5.25. The Kier molecular flexibility index (Phi) is 3.32. The van der Waals surface area contributed by atoms with E-state index < -0.39 is 0 Å². The van der Waals surface area contributed by atoms with Gasteiger partial charge in [0, 0.05) is 12.0 Å². The molecular formula is C11H19NOS. The first kappa shape index (κ1) is 11.7. The van der Waals surface area contributed by atoms with E-state index >= 15 is 0 Å². The number of hydrogen-bond acceptors (Lipinski definition) is 2. The van der Waals surface area contributed by atoms with Crippen molar-refractivity contribution in [1.82, 2.24) is 4.90 Å². The third-order valence-corrected chi connectivity index (χ3v) is 3.39. The summed E-state index contributed by atoms with van der Waals surface area (Å²) in [6.45, 7) is 10.7. The summed E-state index contributed by atoms with van der Waals surface area (Å²) < 4.78 is 0. The molecule has 1 rings (SSSR count). The molecule has 1 fully saturated rings. The van der Waals surface area contributed by atoms with Crippen LogP contribution in [0.5, 0.6) is 0 Å². The first-order chi connectivity index (χ1) is 6.38. The van der Waals surface area contributed by atoms with Gasteiger partial charge in [-0.2, -0.15) is 0 Å². The number of aliphatic hydroxyl groups excluding tert-OH is 1. The highest BCUT2D eigenvalue weighted by molar-refractivity contribution is 7.80. The third-order valence-electron chi connectivity index (χ3n) is 2.54. The summed E-state index contributed by atoms with van der Waals surface area (Å²) in [5.74, 6) is 0. The van der Waals surface area contributed by atoms with Crippen molar-refractivity contribution in [3.8, 4) is 0 Å². The van der Waals surface area contributed by atoms with Crippen LogP contribution in [0, 0.1) is 5.41 Å². The van der Waals surface area contributed by atoms with Crippen LogP contribution < -0.4 is 0 Å². The molecule has 0 unspecified atom stereocenters. The van der Waals surface area contributed by atoms with Gasteiger partial charge in [-0.1, -0.05) is 39.1 Å². The van der Waals surface area contributed by atoms with E-state index in [-0.39, 0.29) is 17.6 Å². The van der Waals surface area contributed by atoms with Gasteiger partial charge < -0.3 is 10.0 Å². The number of aliphatic hydroxyl groups is 1. The van der Waals surface area contributed by atoms with Gasteiger partial charge in [0.2, 0.25) is 0 Å². The molecule has 0 saturated carbocycles. The summed E-state index contributed by atoms with van der Waals surface area (Å²) in [5, 5.41) is 9.57. The molecule has 0 aromatic carbocycles. The van der Waals surface area contributed by atoms with E-state index in [9.17, 15) is 5.11 Å². The van der Waals surface area contributed by atoms with Crippen molar-refractivity contribution in [3.05, 3.63) is 12.7 Å². The molecule has 3 heteroatoms. The molecule has 0 bridgehead atoms. The molecule has 0 aliphatic carbocycles. The summed E-state index contributed by atoms with van der Waals surface area (Å²) in [7, 11) is 0. The average Bonchev–Trinajstić information content (AvgIpc) is 2.07. The van der Waals surface area contributed by atoms with Crippen LogP contribution in [0.2, 0.25) is 0 Å². The van der Waals surface area contributed by atoms with E-state index in [2.05, 4.69) is 32.3 Å². The Morgan fingerprint density at radius 1 is 1.64 bits per heavy atom. The van der Waals surface area contributed by atoms with Gasteiger partial charge in [-0.25, -0.2) is 0 Å². The van der Waals surface area contributed by atoms with Crippen molar-refractivity contribution in [3.63, 3.8) is 0 Å². The SMILES string of the molecule is C=CC[C@@H]1[C@@H](O)CN1C(=S)C(C)(C)C. The number of nitrogens with zero attached hydrogens (tertiary/aromatic N) is 1. The van der Waals surface area contributed by atoms with E-state index in [1.54, 1.807) is 0 Å². The maximum atomic E-state index is 9.57. The minimum Gasteiger partial charge on any atom is -0.389 e. The van der Waals surface area contributed by atoms with Crippen LogP contribution in [0.1, 0.15) is 27.2 Å². The summed E-state index contributed by atoms with van der Waals surface area (Å²) in [6.07, 6.45) is 2.40. The van der Waals surface area contributed by atoms with Gasteiger partial charge >= 0.3 is 0 Å². The molecular weight excluding hydrogens is 194 g/mol. The lowest BCUT2D eigenvalue weighted by molar-refractivity contribution is -0.0180. The fraction of sp³-hybridized carbons (Fsp3) is 0.727. The molecule has 1 heterocycles. The summed E-state index contributed by atoms with van der Waals surface area (Å²) in [4.78, 5) is 3.05. The lowest BCUT2D eigenvalue weighted by Gasteiger charge is -2.49. The van der Waals surface area contributed by atoms with Crippen molar-refractivity contribution in [1.29, 1.82) is 0 Å². The second-order valence-electron chi connectivity index (χ2n) is 4.87. The molecule has 1 aliphatic rings. The van der Waals surface area contributed by atoms with Crippen molar-refractivity contribution >= 4 is 17.2 Å². The van der Waals surface area contributed by atoms with Crippen LogP contribution in [0.15, 0.2) is 12.7 Å². The van der Waals surface area contributed by atoms with Crippen LogP contribution in [0.3, 0.4) is 0 Å². The van der Waals surface area contributed by atoms with Gasteiger partial charge in [-0.3, -0.25) is 0 Å². The van der Waals surface area contributed by atoms with Gasteiger partial charge in [-0.15, -0.1) is 6.58 Å². The minimum absolute atomic E-state index is 0.00882. The third kappa shape index (κ3) is 2.15. The second kappa shape index (κ2) is 3.99. The maximum Gasteiger partial charge on any atom is 0.0921 e. The van der Waals surface area contributed by atoms with Gasteiger partial charge in [0.1, 0.15) is 0 Å². The predicted molar refractivity (Wildman–Crippen MR) is 63.4 cm³/mol. The van der Waals surface area contributed by atoms with Crippen molar-refractivity contribution in [2.45, 2.75) is 39.3 Å². The monoisotopic (exact) mass is 213 g/mol. The Morgan fingerprint density at radius 3 is 2.57 bits per heavy atom. The van der Waals surface area contributed by atoms with Crippen LogP contribution >= 0.6 is 12.2 Å². The molecule has 0 amide bonds. The zero-order valence-electron chi connectivity index (χ0n) is 9.16. The number of hydrogen-bond donors (Lipinski definition) is 1. The molecule has 0 radical (unpaired) electrons. The van der Waals surface area contributed by atoms with Crippen molar-refractivity contribution in [2.75, 3.05) is 6.54 Å². The lowest BCUT2D eigenvalue weighted by Crippen LogP contribution is -2.63. The highest BCUT2D eigenvalue weighted by atomic mass is 32.1. The number of thiocarbonyl (C=S) groups is 1. The number of β-amino-alcohol motifs (C(OH)–C–C–N with tert-alkyl or cyclic N) is 1. The smallest absolute Gasteiger partial charge is 0.0921 e. The summed E-state index contributed by atoms with van der Waals surface area (Å²) in [6, 6.07) is 0.152. The van der Waals surface area contributed by atoms with E-state index in [0.717, 1.165) is 11.4 Å². The van der Waals surface area contributed by atoms with E-state index in [4.69, 9.17) is 12.2 Å². The first-order valence-corrected chi connectivity index (χ1v) is 5.38. The zero-order valence-corrected chi connectivity index (χ0v) is 9.97. The van der Waals surface area contributed by atoms with Crippen LogP contribution in [0.4, 0.5) is 0 Å².